The average molecular weight is 306 g/mol. The third-order valence-electron chi connectivity index (χ3n) is 3.96. The fourth-order valence-electron chi connectivity index (χ4n) is 2.45. The summed E-state index contributed by atoms with van der Waals surface area (Å²) in [5, 5.41) is 11.2. The van der Waals surface area contributed by atoms with E-state index in [0.717, 1.165) is 5.57 Å². The van der Waals surface area contributed by atoms with Crippen LogP contribution in [0.5, 0.6) is 0 Å². The normalized spacial score (nSPS) is 13.0. The van der Waals surface area contributed by atoms with Crippen LogP contribution >= 0.6 is 0 Å². The number of aliphatic carboxylic acids is 1. The molecule has 118 valence electrons. The van der Waals surface area contributed by atoms with Gasteiger partial charge in [-0.1, -0.05) is 42.5 Å². The van der Waals surface area contributed by atoms with E-state index in [1.165, 1.54) is 33.5 Å². The molecule has 0 bridgehead atoms. The number of fused-ring (bicyclic) bond motifs is 1. The van der Waals surface area contributed by atoms with Crippen molar-refractivity contribution in [3.05, 3.63) is 76.9 Å². The van der Waals surface area contributed by atoms with Gasteiger partial charge in [0.15, 0.2) is 0 Å². The van der Waals surface area contributed by atoms with Crippen LogP contribution < -0.4 is 0 Å². The highest BCUT2D eigenvalue weighted by molar-refractivity contribution is 5.87. The molecule has 0 aliphatic carbocycles. The van der Waals surface area contributed by atoms with Gasteiger partial charge in [0.2, 0.25) is 0 Å². The lowest BCUT2D eigenvalue weighted by atomic mass is 9.98. The molecule has 0 spiro atoms. The largest absolute Gasteiger partial charge is 0.478 e. The lowest BCUT2D eigenvalue weighted by Crippen LogP contribution is -1.87. The number of benzene rings is 2. The molecule has 0 saturated heterocycles. The molecule has 1 N–H and O–H groups in total. The Bertz CT molecular complexity index is 836. The Morgan fingerprint density at radius 2 is 1.65 bits per heavy atom. The molecule has 0 radical (unpaired) electrons. The van der Waals surface area contributed by atoms with E-state index >= 15 is 0 Å². The van der Waals surface area contributed by atoms with Crippen molar-refractivity contribution in [2.45, 2.75) is 27.7 Å². The summed E-state index contributed by atoms with van der Waals surface area (Å²) >= 11 is 0. The Hall–Kier alpha value is -2.61. The van der Waals surface area contributed by atoms with Gasteiger partial charge in [0.1, 0.15) is 0 Å². The lowest BCUT2D eigenvalue weighted by Gasteiger charge is -2.07. The van der Waals surface area contributed by atoms with Crippen molar-refractivity contribution in [3.63, 3.8) is 0 Å². The molecule has 0 aliphatic heterocycles. The Labute approximate surface area is 137 Å². The maximum Gasteiger partial charge on any atom is 0.328 e. The maximum atomic E-state index is 10.6. The highest BCUT2D eigenvalue weighted by Crippen LogP contribution is 2.24. The summed E-state index contributed by atoms with van der Waals surface area (Å²) in [6.45, 7) is 8.09. The lowest BCUT2D eigenvalue weighted by molar-refractivity contribution is -0.131. The van der Waals surface area contributed by atoms with E-state index < -0.39 is 5.97 Å². The average Bonchev–Trinajstić information content (AvgIpc) is 2.47. The molecule has 2 aromatic carbocycles. The zero-order chi connectivity index (χ0) is 17.0. The second-order valence-electron chi connectivity index (χ2n) is 5.93. The van der Waals surface area contributed by atoms with Crippen LogP contribution in [0.15, 0.2) is 60.2 Å². The standard InChI is InChI=1S/C21H22O2/c1-14(10-21(22)23)6-5-7-15(2)18-8-9-19-11-16(3)17(4)12-20(19)13-18/h5-13H,1-4H3,(H,22,23)/b6-5+,14-10+,15-7-. The van der Waals surface area contributed by atoms with Crippen LogP contribution in [0.3, 0.4) is 0 Å². The summed E-state index contributed by atoms with van der Waals surface area (Å²) in [5.41, 5.74) is 5.63. The van der Waals surface area contributed by atoms with E-state index in [4.69, 9.17) is 5.11 Å². The molecule has 0 amide bonds. The first-order chi connectivity index (χ1) is 10.9. The number of carboxylic acid groups (broad SMARTS) is 1. The molecule has 2 nitrogen and oxygen atoms in total. The Morgan fingerprint density at radius 1 is 1.00 bits per heavy atom. The molecular weight excluding hydrogens is 284 g/mol. The van der Waals surface area contributed by atoms with Gasteiger partial charge < -0.3 is 5.11 Å². The van der Waals surface area contributed by atoms with Gasteiger partial charge in [-0.3, -0.25) is 0 Å². The summed E-state index contributed by atoms with van der Waals surface area (Å²) in [7, 11) is 0. The van der Waals surface area contributed by atoms with Crippen molar-refractivity contribution >= 4 is 22.3 Å². The number of hydrogen-bond donors (Lipinski definition) is 1. The highest BCUT2D eigenvalue weighted by atomic mass is 16.4. The zero-order valence-electron chi connectivity index (χ0n) is 14.1. The first-order valence-corrected chi connectivity index (χ1v) is 7.64. The van der Waals surface area contributed by atoms with Crippen LogP contribution in [-0.2, 0) is 4.79 Å². The van der Waals surface area contributed by atoms with E-state index in [0.29, 0.717) is 5.57 Å². The molecule has 2 rings (SSSR count). The van der Waals surface area contributed by atoms with Crippen molar-refractivity contribution in [3.8, 4) is 0 Å². The predicted molar refractivity (Wildman–Crippen MR) is 97.6 cm³/mol. The fourth-order valence-corrected chi connectivity index (χ4v) is 2.45. The number of rotatable bonds is 4. The van der Waals surface area contributed by atoms with Crippen LogP contribution in [0.2, 0.25) is 0 Å². The topological polar surface area (TPSA) is 37.3 Å². The van der Waals surface area contributed by atoms with E-state index in [2.05, 4.69) is 51.1 Å². The monoisotopic (exact) mass is 306 g/mol. The molecule has 0 aromatic heterocycles. The van der Waals surface area contributed by atoms with Gasteiger partial charge in [-0.25, -0.2) is 4.79 Å². The maximum absolute atomic E-state index is 10.6. The van der Waals surface area contributed by atoms with Gasteiger partial charge in [0.25, 0.3) is 0 Å². The molecule has 0 fully saturated rings. The number of allylic oxidation sites excluding steroid dienone is 5. The molecule has 2 heteroatoms. The van der Waals surface area contributed by atoms with Gasteiger partial charge in [-0.2, -0.15) is 0 Å². The van der Waals surface area contributed by atoms with Gasteiger partial charge in [0, 0.05) is 6.08 Å². The first-order valence-electron chi connectivity index (χ1n) is 7.64. The molecular formula is C21H22O2. The summed E-state index contributed by atoms with van der Waals surface area (Å²) in [6.07, 6.45) is 6.88. The summed E-state index contributed by atoms with van der Waals surface area (Å²) in [6, 6.07) is 10.9. The van der Waals surface area contributed by atoms with Crippen molar-refractivity contribution < 1.29 is 9.90 Å². The third kappa shape index (κ3) is 4.43. The third-order valence-corrected chi connectivity index (χ3v) is 3.96. The molecule has 0 unspecified atom stereocenters. The molecule has 0 atom stereocenters. The predicted octanol–water partition coefficient (Wildman–Crippen LogP) is 5.45. The van der Waals surface area contributed by atoms with Crippen molar-refractivity contribution in [2.75, 3.05) is 0 Å². The van der Waals surface area contributed by atoms with Crippen LogP contribution in [0.1, 0.15) is 30.5 Å². The van der Waals surface area contributed by atoms with Gasteiger partial charge >= 0.3 is 5.97 Å². The molecule has 23 heavy (non-hydrogen) atoms. The highest BCUT2D eigenvalue weighted by Gasteiger charge is 2.01. The van der Waals surface area contributed by atoms with Gasteiger partial charge in [-0.15, -0.1) is 0 Å². The minimum atomic E-state index is -0.923. The summed E-state index contributed by atoms with van der Waals surface area (Å²) in [4.78, 5) is 10.6. The number of carboxylic acids is 1. The van der Waals surface area contributed by atoms with Crippen molar-refractivity contribution in [2.24, 2.45) is 0 Å². The number of hydrogen-bond acceptors (Lipinski definition) is 1. The van der Waals surface area contributed by atoms with E-state index in [1.54, 1.807) is 13.0 Å². The minimum absolute atomic E-state index is 0.714. The SMILES string of the molecule is C/C(=C/C=C/C(C)=C/C(=O)O)c1ccc2cc(C)c(C)cc2c1. The van der Waals surface area contributed by atoms with Crippen LogP contribution in [0, 0.1) is 13.8 Å². The van der Waals surface area contributed by atoms with Crippen LogP contribution in [0.4, 0.5) is 0 Å². The molecule has 0 saturated carbocycles. The van der Waals surface area contributed by atoms with Crippen molar-refractivity contribution in [1.29, 1.82) is 0 Å². The fraction of sp³-hybridized carbons (Fsp3) is 0.190. The quantitative estimate of drug-likeness (QED) is 0.602. The van der Waals surface area contributed by atoms with Gasteiger partial charge in [-0.05, 0) is 72.4 Å². The second-order valence-corrected chi connectivity index (χ2v) is 5.93. The number of aryl methyl sites for hydroxylation is 2. The van der Waals surface area contributed by atoms with Gasteiger partial charge in [0.05, 0.1) is 0 Å². The van der Waals surface area contributed by atoms with Crippen molar-refractivity contribution in [1.82, 2.24) is 0 Å². The summed E-state index contributed by atoms with van der Waals surface area (Å²) < 4.78 is 0. The second kappa shape index (κ2) is 7.10. The Morgan fingerprint density at radius 3 is 2.30 bits per heavy atom. The van der Waals surface area contributed by atoms with Crippen LogP contribution in [-0.4, -0.2) is 11.1 Å². The molecule has 0 aliphatic rings. The Kier molecular flexibility index (Phi) is 5.17. The molecule has 0 heterocycles. The molecule has 2 aromatic rings. The first kappa shape index (κ1) is 16.8. The van der Waals surface area contributed by atoms with E-state index in [-0.39, 0.29) is 0 Å². The summed E-state index contributed by atoms with van der Waals surface area (Å²) in [5.74, 6) is -0.923. The number of carbonyl (C=O) groups is 1. The Balaban J connectivity index is 2.28. The smallest absolute Gasteiger partial charge is 0.328 e. The van der Waals surface area contributed by atoms with E-state index in [1.807, 2.05) is 12.2 Å². The minimum Gasteiger partial charge on any atom is -0.478 e. The zero-order valence-corrected chi connectivity index (χ0v) is 14.1. The van der Waals surface area contributed by atoms with E-state index in [9.17, 15) is 4.79 Å². The van der Waals surface area contributed by atoms with Crippen LogP contribution in [0.25, 0.3) is 16.3 Å².